The average molecular weight is 231 g/mol. The Morgan fingerprint density at radius 2 is 2.33 bits per heavy atom. The van der Waals surface area contributed by atoms with Gasteiger partial charge < -0.3 is 15.5 Å². The van der Waals surface area contributed by atoms with Crippen LogP contribution in [0.4, 0.5) is 0 Å². The SMILES string of the molecule is CC(NC(=O)C1(N)CC1)c1ccoc1.Cl. The molecule has 1 saturated carbocycles. The number of nitrogens with two attached hydrogens (primary N) is 1. The lowest BCUT2D eigenvalue weighted by Gasteiger charge is -2.15. The second-order valence-corrected chi connectivity index (χ2v) is 3.91. The molecule has 1 aromatic heterocycles. The van der Waals surface area contributed by atoms with Crippen molar-refractivity contribution in [3.63, 3.8) is 0 Å². The number of hydrogen-bond acceptors (Lipinski definition) is 3. The summed E-state index contributed by atoms with van der Waals surface area (Å²) >= 11 is 0. The van der Waals surface area contributed by atoms with E-state index in [2.05, 4.69) is 5.32 Å². The van der Waals surface area contributed by atoms with Crippen molar-refractivity contribution in [3.05, 3.63) is 24.2 Å². The molecule has 1 heterocycles. The van der Waals surface area contributed by atoms with Crippen LogP contribution >= 0.6 is 12.4 Å². The van der Waals surface area contributed by atoms with Gasteiger partial charge in [0, 0.05) is 5.56 Å². The Balaban J connectivity index is 0.00000112. The van der Waals surface area contributed by atoms with Crippen molar-refractivity contribution in [2.45, 2.75) is 31.3 Å². The monoisotopic (exact) mass is 230 g/mol. The summed E-state index contributed by atoms with van der Waals surface area (Å²) in [6.07, 6.45) is 4.79. The third-order valence-electron chi connectivity index (χ3n) is 2.63. The largest absolute Gasteiger partial charge is 0.472 e. The fraction of sp³-hybridized carbons (Fsp3) is 0.500. The lowest BCUT2D eigenvalue weighted by molar-refractivity contribution is -0.123. The summed E-state index contributed by atoms with van der Waals surface area (Å²) in [5.74, 6) is -0.0637. The summed E-state index contributed by atoms with van der Waals surface area (Å²) < 4.78 is 4.94. The first-order valence-corrected chi connectivity index (χ1v) is 4.74. The second-order valence-electron chi connectivity index (χ2n) is 3.91. The van der Waals surface area contributed by atoms with Gasteiger partial charge in [-0.25, -0.2) is 0 Å². The number of furan rings is 1. The van der Waals surface area contributed by atoms with Gasteiger partial charge in [-0.2, -0.15) is 0 Å². The number of hydrogen-bond donors (Lipinski definition) is 2. The quantitative estimate of drug-likeness (QED) is 0.824. The van der Waals surface area contributed by atoms with Crippen molar-refractivity contribution in [2.24, 2.45) is 5.73 Å². The van der Waals surface area contributed by atoms with Crippen LogP contribution in [0.2, 0.25) is 0 Å². The van der Waals surface area contributed by atoms with Crippen LogP contribution in [0.3, 0.4) is 0 Å². The van der Waals surface area contributed by atoms with Crippen molar-refractivity contribution in [1.82, 2.24) is 5.32 Å². The van der Waals surface area contributed by atoms with Crippen molar-refractivity contribution >= 4 is 18.3 Å². The molecular formula is C10H15ClN2O2. The minimum atomic E-state index is -0.599. The normalized spacial score (nSPS) is 18.8. The van der Waals surface area contributed by atoms with E-state index >= 15 is 0 Å². The van der Waals surface area contributed by atoms with E-state index < -0.39 is 5.54 Å². The maximum absolute atomic E-state index is 11.6. The highest BCUT2D eigenvalue weighted by Gasteiger charge is 2.46. The molecule has 1 aromatic rings. The molecule has 84 valence electrons. The molecule has 0 radical (unpaired) electrons. The van der Waals surface area contributed by atoms with Gasteiger partial charge >= 0.3 is 0 Å². The molecule has 1 atom stereocenters. The van der Waals surface area contributed by atoms with Gasteiger partial charge in [0.15, 0.2) is 0 Å². The maximum atomic E-state index is 11.6. The third kappa shape index (κ3) is 2.52. The summed E-state index contributed by atoms with van der Waals surface area (Å²) in [5.41, 5.74) is 6.12. The number of nitrogens with one attached hydrogen (secondary N) is 1. The van der Waals surface area contributed by atoms with E-state index in [0.29, 0.717) is 0 Å². The Morgan fingerprint density at radius 3 is 2.80 bits per heavy atom. The Morgan fingerprint density at radius 1 is 1.67 bits per heavy atom. The standard InChI is InChI=1S/C10H14N2O2.ClH/c1-7(8-2-5-14-6-8)12-9(13)10(11)3-4-10;/h2,5-7H,3-4,11H2,1H3,(H,12,13);1H. The van der Waals surface area contributed by atoms with E-state index in [4.69, 9.17) is 10.2 Å². The smallest absolute Gasteiger partial charge is 0.240 e. The number of carbonyl (C=O) groups is 1. The van der Waals surface area contributed by atoms with Crippen LogP contribution in [0.5, 0.6) is 0 Å². The summed E-state index contributed by atoms with van der Waals surface area (Å²) in [5, 5.41) is 2.86. The van der Waals surface area contributed by atoms with E-state index in [9.17, 15) is 4.79 Å². The highest BCUT2D eigenvalue weighted by Crippen LogP contribution is 2.32. The van der Waals surface area contributed by atoms with Crippen LogP contribution in [0.1, 0.15) is 31.4 Å². The van der Waals surface area contributed by atoms with Gasteiger partial charge in [-0.3, -0.25) is 4.79 Å². The molecule has 15 heavy (non-hydrogen) atoms. The zero-order chi connectivity index (χ0) is 10.2. The molecule has 0 saturated heterocycles. The zero-order valence-corrected chi connectivity index (χ0v) is 9.34. The molecule has 1 unspecified atom stereocenters. The van der Waals surface area contributed by atoms with Gasteiger partial charge in [0.05, 0.1) is 24.1 Å². The molecule has 0 aliphatic heterocycles. The van der Waals surface area contributed by atoms with Crippen molar-refractivity contribution in [2.75, 3.05) is 0 Å². The zero-order valence-electron chi connectivity index (χ0n) is 8.53. The van der Waals surface area contributed by atoms with Gasteiger partial charge in [-0.1, -0.05) is 0 Å². The maximum Gasteiger partial charge on any atom is 0.240 e. The Bertz CT molecular complexity index is 333. The van der Waals surface area contributed by atoms with E-state index in [-0.39, 0.29) is 24.4 Å². The molecule has 0 aromatic carbocycles. The predicted octanol–water partition coefficient (Wildman–Crippen LogP) is 1.37. The van der Waals surface area contributed by atoms with Gasteiger partial charge in [0.2, 0.25) is 5.91 Å². The van der Waals surface area contributed by atoms with Crippen LogP contribution < -0.4 is 11.1 Å². The molecule has 5 heteroatoms. The van der Waals surface area contributed by atoms with Gasteiger partial charge in [0.25, 0.3) is 0 Å². The predicted molar refractivity (Wildman–Crippen MR) is 58.7 cm³/mol. The van der Waals surface area contributed by atoms with E-state index in [0.717, 1.165) is 18.4 Å². The van der Waals surface area contributed by atoms with E-state index in [1.165, 1.54) is 0 Å². The molecule has 1 amide bonds. The number of carbonyl (C=O) groups excluding carboxylic acids is 1. The topological polar surface area (TPSA) is 68.3 Å². The molecule has 1 aliphatic rings. The summed E-state index contributed by atoms with van der Waals surface area (Å²) in [6, 6.07) is 1.79. The molecule has 4 nitrogen and oxygen atoms in total. The van der Waals surface area contributed by atoms with Crippen LogP contribution in [0, 0.1) is 0 Å². The summed E-state index contributed by atoms with van der Waals surface area (Å²) in [6.45, 7) is 1.91. The molecule has 1 aliphatic carbocycles. The average Bonchev–Trinajstić information content (AvgIpc) is 2.71. The summed E-state index contributed by atoms with van der Waals surface area (Å²) in [7, 11) is 0. The number of halogens is 1. The van der Waals surface area contributed by atoms with Crippen molar-refractivity contribution in [1.29, 1.82) is 0 Å². The first-order valence-electron chi connectivity index (χ1n) is 4.74. The summed E-state index contributed by atoms with van der Waals surface area (Å²) in [4.78, 5) is 11.6. The minimum Gasteiger partial charge on any atom is -0.472 e. The Hall–Kier alpha value is -1.00. The van der Waals surface area contributed by atoms with Crippen LogP contribution in [-0.4, -0.2) is 11.4 Å². The lowest BCUT2D eigenvalue weighted by Crippen LogP contribution is -2.43. The Kier molecular flexibility index (Phi) is 3.42. The number of amides is 1. The van der Waals surface area contributed by atoms with E-state index in [1.807, 2.05) is 13.0 Å². The third-order valence-corrected chi connectivity index (χ3v) is 2.63. The first-order chi connectivity index (χ1) is 6.62. The molecular weight excluding hydrogens is 216 g/mol. The number of rotatable bonds is 3. The second kappa shape index (κ2) is 4.24. The first kappa shape index (κ1) is 12.1. The van der Waals surface area contributed by atoms with Crippen LogP contribution in [0.15, 0.2) is 23.0 Å². The fourth-order valence-corrected chi connectivity index (χ4v) is 1.31. The van der Waals surface area contributed by atoms with Crippen molar-refractivity contribution in [3.8, 4) is 0 Å². The molecule has 0 spiro atoms. The van der Waals surface area contributed by atoms with Crippen LogP contribution in [-0.2, 0) is 4.79 Å². The fourth-order valence-electron chi connectivity index (χ4n) is 1.31. The van der Waals surface area contributed by atoms with Crippen molar-refractivity contribution < 1.29 is 9.21 Å². The Labute approximate surface area is 94.6 Å². The molecule has 1 fully saturated rings. The van der Waals surface area contributed by atoms with E-state index in [1.54, 1.807) is 12.5 Å². The highest BCUT2D eigenvalue weighted by atomic mass is 35.5. The minimum absolute atomic E-state index is 0. The molecule has 2 rings (SSSR count). The van der Waals surface area contributed by atoms with Gasteiger partial charge in [-0.15, -0.1) is 12.4 Å². The highest BCUT2D eigenvalue weighted by molar-refractivity contribution is 5.89. The van der Waals surface area contributed by atoms with Gasteiger partial charge in [0.1, 0.15) is 0 Å². The molecule has 3 N–H and O–H groups in total. The lowest BCUT2D eigenvalue weighted by atomic mass is 10.1. The van der Waals surface area contributed by atoms with Gasteiger partial charge in [-0.05, 0) is 25.8 Å². The van der Waals surface area contributed by atoms with Crippen LogP contribution in [0.25, 0.3) is 0 Å². The molecule has 0 bridgehead atoms.